The number of carbonyl (C=O) groups is 2. The lowest BCUT2D eigenvalue weighted by Crippen LogP contribution is -2.53. The van der Waals surface area contributed by atoms with Crippen molar-refractivity contribution in [1.29, 1.82) is 0 Å². The molecule has 3 fully saturated rings. The summed E-state index contributed by atoms with van der Waals surface area (Å²) in [5, 5.41) is 0. The van der Waals surface area contributed by atoms with E-state index in [1.54, 1.807) is 6.08 Å². The van der Waals surface area contributed by atoms with E-state index in [0.29, 0.717) is 29.5 Å². The summed E-state index contributed by atoms with van der Waals surface area (Å²) in [6.45, 7) is 11.1. The minimum absolute atomic E-state index is 0.0522. The van der Waals surface area contributed by atoms with E-state index in [-0.39, 0.29) is 22.0 Å². The maximum atomic E-state index is 12.7. The normalized spacial score (nSPS) is 51.4. The topological polar surface area (TPSA) is 34.1 Å². The van der Waals surface area contributed by atoms with E-state index in [4.69, 9.17) is 0 Å². The van der Waals surface area contributed by atoms with E-state index in [1.807, 2.05) is 13.0 Å². The van der Waals surface area contributed by atoms with E-state index in [1.165, 1.54) is 24.8 Å². The Labute approximate surface area is 152 Å². The second-order valence-electron chi connectivity index (χ2n) is 9.95. The van der Waals surface area contributed by atoms with Crippen LogP contribution < -0.4 is 0 Å². The van der Waals surface area contributed by atoms with Crippen molar-refractivity contribution < 1.29 is 9.59 Å². The zero-order chi connectivity index (χ0) is 18.2. The Balaban J connectivity index is 1.74. The van der Waals surface area contributed by atoms with Crippen LogP contribution in [0, 0.1) is 39.9 Å². The molecule has 7 unspecified atom stereocenters. The molecular formula is C23H32O2. The number of rotatable bonds is 1. The summed E-state index contributed by atoms with van der Waals surface area (Å²) in [4.78, 5) is 24.5. The molecule has 2 nitrogen and oxygen atoms in total. The molecule has 0 amide bonds. The Morgan fingerprint density at radius 3 is 2.56 bits per heavy atom. The molecule has 25 heavy (non-hydrogen) atoms. The molecule has 4 aliphatic carbocycles. The van der Waals surface area contributed by atoms with Gasteiger partial charge in [0.1, 0.15) is 5.78 Å². The Kier molecular flexibility index (Phi) is 3.57. The standard InChI is InChI=1S/C23H32O2/c1-14-12-20-18-7-6-16-13-17(25)8-10-21(16,3)19(18)9-11-22(20,4)23(14,5)15(2)24/h8,10,13-14,18-20H,6-7,9,11-12H2,1-5H3. The molecule has 3 saturated carbocycles. The van der Waals surface area contributed by atoms with Gasteiger partial charge in [-0.15, -0.1) is 0 Å². The maximum Gasteiger partial charge on any atom is 0.178 e. The van der Waals surface area contributed by atoms with Crippen molar-refractivity contribution in [3.8, 4) is 0 Å². The number of hydrogen-bond donors (Lipinski definition) is 0. The lowest BCUT2D eigenvalue weighted by Gasteiger charge is -2.58. The average Bonchev–Trinajstić information content (AvgIpc) is 2.77. The van der Waals surface area contributed by atoms with Crippen molar-refractivity contribution in [2.75, 3.05) is 0 Å². The molecule has 136 valence electrons. The van der Waals surface area contributed by atoms with Crippen LogP contribution in [0.1, 0.15) is 66.7 Å². The van der Waals surface area contributed by atoms with E-state index in [2.05, 4.69) is 33.8 Å². The highest BCUT2D eigenvalue weighted by Crippen LogP contribution is 2.70. The zero-order valence-electron chi connectivity index (χ0n) is 16.4. The summed E-state index contributed by atoms with van der Waals surface area (Å²) < 4.78 is 0. The fraction of sp³-hybridized carbons (Fsp3) is 0.739. The van der Waals surface area contributed by atoms with Crippen LogP contribution in [-0.2, 0) is 9.59 Å². The fourth-order valence-corrected chi connectivity index (χ4v) is 7.53. The first-order chi connectivity index (χ1) is 11.6. The first-order valence-corrected chi connectivity index (χ1v) is 10.1. The van der Waals surface area contributed by atoms with Crippen LogP contribution in [0.3, 0.4) is 0 Å². The van der Waals surface area contributed by atoms with Gasteiger partial charge in [-0.1, -0.05) is 39.3 Å². The van der Waals surface area contributed by atoms with Crippen LogP contribution in [0.2, 0.25) is 0 Å². The summed E-state index contributed by atoms with van der Waals surface area (Å²) in [7, 11) is 0. The molecule has 0 aromatic carbocycles. The Hall–Kier alpha value is -1.18. The number of ketones is 2. The van der Waals surface area contributed by atoms with Gasteiger partial charge in [-0.05, 0) is 80.3 Å². The maximum absolute atomic E-state index is 12.7. The smallest absolute Gasteiger partial charge is 0.178 e. The van der Waals surface area contributed by atoms with Crippen molar-refractivity contribution in [2.24, 2.45) is 39.9 Å². The molecule has 0 aromatic rings. The molecule has 7 atom stereocenters. The highest BCUT2D eigenvalue weighted by atomic mass is 16.1. The van der Waals surface area contributed by atoms with Crippen molar-refractivity contribution in [2.45, 2.75) is 66.7 Å². The third-order valence-corrected chi connectivity index (χ3v) is 9.46. The number of Topliss-reactive ketones (excluding diaryl/α,β-unsaturated/α-hetero) is 1. The molecule has 0 N–H and O–H groups in total. The molecule has 0 heterocycles. The predicted octanol–water partition coefficient (Wildman–Crippen LogP) is 5.14. The number of hydrogen-bond acceptors (Lipinski definition) is 2. The van der Waals surface area contributed by atoms with Crippen LogP contribution in [0.4, 0.5) is 0 Å². The second-order valence-corrected chi connectivity index (χ2v) is 9.95. The largest absolute Gasteiger partial charge is 0.299 e. The van der Waals surface area contributed by atoms with Crippen LogP contribution in [0.5, 0.6) is 0 Å². The fourth-order valence-electron chi connectivity index (χ4n) is 7.53. The molecule has 0 bridgehead atoms. The van der Waals surface area contributed by atoms with Gasteiger partial charge in [0.15, 0.2) is 5.78 Å². The van der Waals surface area contributed by atoms with E-state index >= 15 is 0 Å². The third-order valence-electron chi connectivity index (χ3n) is 9.46. The van der Waals surface area contributed by atoms with Gasteiger partial charge >= 0.3 is 0 Å². The molecule has 0 spiro atoms. The van der Waals surface area contributed by atoms with Crippen LogP contribution >= 0.6 is 0 Å². The third kappa shape index (κ3) is 1.97. The molecule has 0 radical (unpaired) electrons. The van der Waals surface area contributed by atoms with Crippen molar-refractivity contribution in [3.63, 3.8) is 0 Å². The number of carbonyl (C=O) groups excluding carboxylic acids is 2. The highest BCUT2D eigenvalue weighted by molar-refractivity contribution is 6.01. The molecule has 0 aliphatic heterocycles. The van der Waals surface area contributed by atoms with Gasteiger partial charge in [0, 0.05) is 10.8 Å². The van der Waals surface area contributed by atoms with Crippen molar-refractivity contribution in [3.05, 3.63) is 23.8 Å². The first-order valence-electron chi connectivity index (χ1n) is 10.1. The Morgan fingerprint density at radius 2 is 1.88 bits per heavy atom. The predicted molar refractivity (Wildman–Crippen MR) is 100.0 cm³/mol. The lowest BCUT2D eigenvalue weighted by molar-refractivity contribution is -0.140. The van der Waals surface area contributed by atoms with Gasteiger partial charge in [0.05, 0.1) is 0 Å². The van der Waals surface area contributed by atoms with Gasteiger partial charge in [0.2, 0.25) is 0 Å². The van der Waals surface area contributed by atoms with E-state index in [0.717, 1.165) is 12.8 Å². The summed E-state index contributed by atoms with van der Waals surface area (Å²) in [5.41, 5.74) is 1.35. The van der Waals surface area contributed by atoms with Crippen LogP contribution in [0.15, 0.2) is 23.8 Å². The van der Waals surface area contributed by atoms with Gasteiger partial charge in [-0.2, -0.15) is 0 Å². The molecule has 0 saturated heterocycles. The molecule has 4 rings (SSSR count). The molecule has 4 aliphatic rings. The monoisotopic (exact) mass is 340 g/mol. The van der Waals surface area contributed by atoms with Crippen LogP contribution in [-0.4, -0.2) is 11.6 Å². The van der Waals surface area contributed by atoms with E-state index < -0.39 is 0 Å². The Bertz CT molecular complexity index is 701. The average molecular weight is 341 g/mol. The molecular weight excluding hydrogens is 308 g/mol. The van der Waals surface area contributed by atoms with Gasteiger partial charge in [-0.3, -0.25) is 9.59 Å². The zero-order valence-corrected chi connectivity index (χ0v) is 16.4. The van der Waals surface area contributed by atoms with Crippen molar-refractivity contribution in [1.82, 2.24) is 0 Å². The van der Waals surface area contributed by atoms with Gasteiger partial charge < -0.3 is 0 Å². The summed E-state index contributed by atoms with van der Waals surface area (Å²) in [6.07, 6.45) is 11.6. The number of fused-ring (bicyclic) bond motifs is 5. The summed E-state index contributed by atoms with van der Waals surface area (Å²) in [5.74, 6) is 2.95. The van der Waals surface area contributed by atoms with Gasteiger partial charge in [0.25, 0.3) is 0 Å². The van der Waals surface area contributed by atoms with Crippen LogP contribution in [0.25, 0.3) is 0 Å². The highest BCUT2D eigenvalue weighted by Gasteiger charge is 2.66. The Morgan fingerprint density at radius 1 is 1.16 bits per heavy atom. The first kappa shape index (κ1) is 17.2. The summed E-state index contributed by atoms with van der Waals surface area (Å²) >= 11 is 0. The van der Waals surface area contributed by atoms with Crippen molar-refractivity contribution >= 4 is 11.6 Å². The van der Waals surface area contributed by atoms with E-state index in [9.17, 15) is 9.59 Å². The lowest BCUT2D eigenvalue weighted by atomic mass is 9.45. The van der Waals surface area contributed by atoms with Gasteiger partial charge in [-0.25, -0.2) is 0 Å². The quantitative estimate of drug-likeness (QED) is 0.662. The molecule has 0 aromatic heterocycles. The number of allylic oxidation sites excluding steroid dienone is 4. The minimum Gasteiger partial charge on any atom is -0.299 e. The SMILES string of the molecule is CC(=O)C1(C)C(C)CC2C3CCC4=CC(=O)C=CC4(C)C3CCC21C. The second kappa shape index (κ2) is 5.18. The minimum atomic E-state index is -0.183. The molecule has 2 heteroatoms. The summed E-state index contributed by atoms with van der Waals surface area (Å²) in [6, 6.07) is 0.